The number of nitrogens with one attached hydrogen (secondary N) is 1. The van der Waals surface area contributed by atoms with Gasteiger partial charge in [-0.15, -0.1) is 0 Å². The number of carbonyl (C=O) groups excluding carboxylic acids is 1. The number of phenols is 1. The molecule has 0 unspecified atom stereocenters. The first kappa shape index (κ1) is 16.7. The summed E-state index contributed by atoms with van der Waals surface area (Å²) in [4.78, 5) is 10.8. The van der Waals surface area contributed by atoms with E-state index in [1.807, 2.05) is 6.92 Å². The van der Waals surface area contributed by atoms with Gasteiger partial charge in [0, 0.05) is 16.1 Å². The van der Waals surface area contributed by atoms with Crippen molar-refractivity contribution in [2.45, 2.75) is 25.9 Å². The maximum absolute atomic E-state index is 10.8. The molecule has 1 aromatic rings. The van der Waals surface area contributed by atoms with Crippen LogP contribution in [0.5, 0.6) is 5.75 Å². The molecule has 4 N–H and O–H groups in total. The molecule has 20 heavy (non-hydrogen) atoms. The van der Waals surface area contributed by atoms with E-state index in [0.717, 1.165) is 4.47 Å². The lowest BCUT2D eigenvalue weighted by Gasteiger charge is -2.19. The first-order valence-electron chi connectivity index (χ1n) is 6.22. The van der Waals surface area contributed by atoms with Crippen LogP contribution in [0, 0.1) is 5.92 Å². The fourth-order valence-corrected chi connectivity index (χ4v) is 2.19. The van der Waals surface area contributed by atoms with Crippen molar-refractivity contribution in [1.29, 1.82) is 0 Å². The fourth-order valence-electron chi connectivity index (χ4n) is 1.81. The van der Waals surface area contributed by atoms with Gasteiger partial charge >= 0.3 is 0 Å². The van der Waals surface area contributed by atoms with Crippen molar-refractivity contribution in [3.8, 4) is 5.75 Å². The van der Waals surface area contributed by atoms with E-state index in [1.54, 1.807) is 18.2 Å². The number of phenolic OH excluding ortho intramolecular Hbond substituents is 1. The van der Waals surface area contributed by atoms with Crippen molar-refractivity contribution >= 4 is 21.8 Å². The molecule has 1 amide bonds. The third-order valence-corrected chi connectivity index (χ3v) is 3.51. The van der Waals surface area contributed by atoms with E-state index in [0.29, 0.717) is 18.4 Å². The number of carbonyl (C=O) groups is 1. The van der Waals surface area contributed by atoms with Crippen molar-refractivity contribution in [3.63, 3.8) is 0 Å². The average molecular weight is 344 g/mol. The standard InChI is InChI=1S/C14H18BrNO4/c1-9(4-2-3-5-13(18)16-20)14(19)11-8-10(15)6-7-12(11)17/h3,5-9,14,17,19-20H,2,4H2,1H3,(H,16,18)/b5-3+/t9-,14+/m0/s1. The second-order valence-corrected chi connectivity index (χ2v) is 5.50. The SMILES string of the molecule is C[C@@H](CC/C=C/C(=O)NO)[C@@H](O)c1cc(Br)ccc1O. The van der Waals surface area contributed by atoms with E-state index >= 15 is 0 Å². The maximum atomic E-state index is 10.8. The van der Waals surface area contributed by atoms with Crippen molar-refractivity contribution in [2.24, 2.45) is 5.92 Å². The molecule has 0 heterocycles. The van der Waals surface area contributed by atoms with Crippen molar-refractivity contribution in [2.75, 3.05) is 0 Å². The highest BCUT2D eigenvalue weighted by Crippen LogP contribution is 2.33. The molecule has 0 aromatic heterocycles. The zero-order valence-corrected chi connectivity index (χ0v) is 12.7. The average Bonchev–Trinajstić information content (AvgIpc) is 2.44. The van der Waals surface area contributed by atoms with Crippen LogP contribution >= 0.6 is 15.9 Å². The number of rotatable bonds is 6. The van der Waals surface area contributed by atoms with E-state index < -0.39 is 12.0 Å². The van der Waals surface area contributed by atoms with E-state index in [-0.39, 0.29) is 11.7 Å². The number of hydrogen-bond acceptors (Lipinski definition) is 4. The predicted octanol–water partition coefficient (Wildman–Crippen LogP) is 2.67. The minimum atomic E-state index is -0.785. The van der Waals surface area contributed by atoms with E-state index in [1.165, 1.54) is 17.6 Å². The van der Waals surface area contributed by atoms with Gasteiger partial charge in [-0.3, -0.25) is 10.0 Å². The summed E-state index contributed by atoms with van der Waals surface area (Å²) in [7, 11) is 0. The Morgan fingerprint density at radius 3 is 2.85 bits per heavy atom. The molecular weight excluding hydrogens is 326 g/mol. The summed E-state index contributed by atoms with van der Waals surface area (Å²) in [6, 6.07) is 4.92. The van der Waals surface area contributed by atoms with Gasteiger partial charge in [0.15, 0.2) is 0 Å². The van der Waals surface area contributed by atoms with Crippen LogP contribution in [0.25, 0.3) is 0 Å². The molecule has 0 fully saturated rings. The van der Waals surface area contributed by atoms with Gasteiger partial charge < -0.3 is 10.2 Å². The number of hydrogen-bond donors (Lipinski definition) is 4. The highest BCUT2D eigenvalue weighted by molar-refractivity contribution is 9.10. The Morgan fingerprint density at radius 2 is 2.20 bits per heavy atom. The normalized spacial score (nSPS) is 14.2. The summed E-state index contributed by atoms with van der Waals surface area (Å²) >= 11 is 3.30. The lowest BCUT2D eigenvalue weighted by molar-refractivity contribution is -0.124. The maximum Gasteiger partial charge on any atom is 0.267 e. The summed E-state index contributed by atoms with van der Waals surface area (Å²) in [5.74, 6) is -0.609. The Labute approximate surface area is 126 Å². The Balaban J connectivity index is 2.58. The summed E-state index contributed by atoms with van der Waals surface area (Å²) in [5.41, 5.74) is 1.98. The molecule has 1 rings (SSSR count). The summed E-state index contributed by atoms with van der Waals surface area (Å²) in [6.45, 7) is 1.87. The van der Waals surface area contributed by atoms with Crippen LogP contribution in [0.2, 0.25) is 0 Å². The number of amides is 1. The molecule has 1 aromatic carbocycles. The molecule has 0 bridgehead atoms. The lowest BCUT2D eigenvalue weighted by Crippen LogP contribution is -2.15. The second-order valence-electron chi connectivity index (χ2n) is 4.58. The van der Waals surface area contributed by atoms with Crippen LogP contribution in [0.1, 0.15) is 31.4 Å². The van der Waals surface area contributed by atoms with Gasteiger partial charge in [-0.25, -0.2) is 5.48 Å². The summed E-state index contributed by atoms with van der Waals surface area (Å²) in [6.07, 6.45) is 3.29. The van der Waals surface area contributed by atoms with Crippen LogP contribution in [-0.4, -0.2) is 21.3 Å². The minimum Gasteiger partial charge on any atom is -0.508 e. The molecule has 0 spiro atoms. The molecule has 0 aliphatic carbocycles. The molecule has 0 aliphatic rings. The molecule has 0 radical (unpaired) electrons. The molecule has 0 saturated heterocycles. The number of benzene rings is 1. The molecule has 110 valence electrons. The van der Waals surface area contributed by atoms with Crippen molar-refractivity contribution in [1.82, 2.24) is 5.48 Å². The topological polar surface area (TPSA) is 89.8 Å². The van der Waals surface area contributed by atoms with Crippen molar-refractivity contribution in [3.05, 3.63) is 40.4 Å². The van der Waals surface area contributed by atoms with Gasteiger partial charge in [0.2, 0.25) is 0 Å². The molecular formula is C14H18BrNO4. The van der Waals surface area contributed by atoms with E-state index in [4.69, 9.17) is 5.21 Å². The zero-order valence-electron chi connectivity index (χ0n) is 11.1. The third kappa shape index (κ3) is 4.96. The predicted molar refractivity (Wildman–Crippen MR) is 78.2 cm³/mol. The van der Waals surface area contributed by atoms with Crippen molar-refractivity contribution < 1.29 is 20.2 Å². The van der Waals surface area contributed by atoms with E-state index in [2.05, 4.69) is 15.9 Å². The fraction of sp³-hybridized carbons (Fsp3) is 0.357. The second kappa shape index (κ2) is 8.04. The third-order valence-electron chi connectivity index (χ3n) is 3.02. The Hall–Kier alpha value is -1.37. The quantitative estimate of drug-likeness (QED) is 0.363. The summed E-state index contributed by atoms with van der Waals surface area (Å²) in [5, 5.41) is 28.3. The van der Waals surface area contributed by atoms with Crippen LogP contribution in [0.3, 0.4) is 0 Å². The lowest BCUT2D eigenvalue weighted by atomic mass is 9.93. The molecule has 6 heteroatoms. The largest absolute Gasteiger partial charge is 0.508 e. The van der Waals surface area contributed by atoms with Gasteiger partial charge in [0.1, 0.15) is 5.75 Å². The Kier molecular flexibility index (Phi) is 6.70. The minimum absolute atomic E-state index is 0.0581. The number of hydroxylamine groups is 1. The Morgan fingerprint density at radius 1 is 1.50 bits per heavy atom. The van der Waals surface area contributed by atoms with Crippen LogP contribution < -0.4 is 5.48 Å². The molecule has 5 nitrogen and oxygen atoms in total. The van der Waals surface area contributed by atoms with Crippen LogP contribution in [0.15, 0.2) is 34.8 Å². The highest BCUT2D eigenvalue weighted by Gasteiger charge is 2.19. The smallest absolute Gasteiger partial charge is 0.267 e. The number of halogens is 1. The number of allylic oxidation sites excluding steroid dienone is 1. The van der Waals surface area contributed by atoms with Gasteiger partial charge in [-0.1, -0.05) is 28.9 Å². The molecule has 0 aliphatic heterocycles. The molecule has 0 saturated carbocycles. The number of aliphatic hydroxyl groups excluding tert-OH is 1. The number of aromatic hydroxyl groups is 1. The van der Waals surface area contributed by atoms with Gasteiger partial charge in [-0.2, -0.15) is 0 Å². The monoisotopic (exact) mass is 343 g/mol. The van der Waals surface area contributed by atoms with E-state index in [9.17, 15) is 15.0 Å². The molecule has 2 atom stereocenters. The van der Waals surface area contributed by atoms with Crippen LogP contribution in [0.4, 0.5) is 0 Å². The first-order valence-corrected chi connectivity index (χ1v) is 7.02. The van der Waals surface area contributed by atoms with Crippen LogP contribution in [-0.2, 0) is 4.79 Å². The summed E-state index contributed by atoms with van der Waals surface area (Å²) < 4.78 is 0.788. The first-order chi connectivity index (χ1) is 9.45. The van der Waals surface area contributed by atoms with Gasteiger partial charge in [0.05, 0.1) is 6.10 Å². The van der Waals surface area contributed by atoms with Gasteiger partial charge in [-0.05, 0) is 37.0 Å². The van der Waals surface area contributed by atoms with Gasteiger partial charge in [0.25, 0.3) is 5.91 Å². The number of aliphatic hydroxyl groups is 1. The Bertz CT molecular complexity index is 490. The zero-order chi connectivity index (χ0) is 15.1. The highest BCUT2D eigenvalue weighted by atomic mass is 79.9.